The lowest BCUT2D eigenvalue weighted by Gasteiger charge is -2.16. The quantitative estimate of drug-likeness (QED) is 0.457. The molecule has 1 heterocycles. The monoisotopic (exact) mass is 199 g/mol. The fraction of sp³-hybridized carbons (Fsp3) is 0.500. The van der Waals surface area contributed by atoms with Gasteiger partial charge in [0.1, 0.15) is 0 Å². The fourth-order valence-electron chi connectivity index (χ4n) is 1.03. The van der Waals surface area contributed by atoms with Crippen LogP contribution in [0.4, 0.5) is 5.13 Å². The molecule has 13 heavy (non-hydrogen) atoms. The van der Waals surface area contributed by atoms with Crippen molar-refractivity contribution in [1.82, 2.24) is 4.98 Å². The van der Waals surface area contributed by atoms with Gasteiger partial charge in [0.15, 0.2) is 5.13 Å². The van der Waals surface area contributed by atoms with Gasteiger partial charge in [0.05, 0.1) is 11.1 Å². The van der Waals surface area contributed by atoms with Crippen LogP contribution in [0.15, 0.2) is 11.4 Å². The third-order valence-corrected chi connectivity index (χ3v) is 2.72. The van der Waals surface area contributed by atoms with Crippen LogP contribution in [-0.2, 0) is 0 Å². The topological polar surface area (TPSA) is 48.7 Å². The molecule has 0 aliphatic carbocycles. The molecule has 0 saturated carbocycles. The molecule has 0 fully saturated rings. The molecule has 0 radical (unpaired) electrons. The first-order valence-corrected chi connectivity index (χ1v) is 5.01. The van der Waals surface area contributed by atoms with E-state index in [0.29, 0.717) is 0 Å². The largest absolute Gasteiger partial charge is 0.411 e. The van der Waals surface area contributed by atoms with Crippen LogP contribution in [0.25, 0.3) is 0 Å². The normalized spacial score (nSPS) is 10.9. The molecule has 0 spiro atoms. The van der Waals surface area contributed by atoms with Gasteiger partial charge in [-0.15, -0.1) is 0 Å². The van der Waals surface area contributed by atoms with Gasteiger partial charge < -0.3 is 10.1 Å². The summed E-state index contributed by atoms with van der Waals surface area (Å²) in [6.45, 7) is 6.06. The summed E-state index contributed by atoms with van der Waals surface area (Å²) in [4.78, 5) is 7.24. The van der Waals surface area contributed by atoms with E-state index in [1.54, 1.807) is 6.20 Å². The minimum atomic E-state index is 0.865. The predicted molar refractivity (Wildman–Crippen MR) is 55.1 cm³/mol. The summed E-state index contributed by atoms with van der Waals surface area (Å²) in [6.07, 6.45) is 3.10. The molecule has 0 saturated heterocycles. The van der Waals surface area contributed by atoms with Crippen molar-refractivity contribution in [3.8, 4) is 0 Å². The Morgan fingerprint density at radius 2 is 2.31 bits per heavy atom. The maximum absolute atomic E-state index is 8.32. The van der Waals surface area contributed by atoms with E-state index in [1.807, 2.05) is 0 Å². The second-order valence-electron chi connectivity index (χ2n) is 2.46. The molecular formula is C8H13N3OS. The van der Waals surface area contributed by atoms with Crippen LogP contribution in [0.3, 0.4) is 0 Å². The number of hydrogen-bond donors (Lipinski definition) is 1. The first-order valence-electron chi connectivity index (χ1n) is 4.20. The zero-order valence-corrected chi connectivity index (χ0v) is 8.58. The summed E-state index contributed by atoms with van der Waals surface area (Å²) in [5, 5.41) is 12.2. The molecule has 1 N–H and O–H groups in total. The van der Waals surface area contributed by atoms with Gasteiger partial charge in [-0.05, 0) is 13.8 Å². The Morgan fingerprint density at radius 3 is 2.85 bits per heavy atom. The SMILES string of the molecule is CCN(CC)c1ncc(/C=N\O)s1. The van der Waals surface area contributed by atoms with Crippen molar-refractivity contribution < 1.29 is 5.21 Å². The summed E-state index contributed by atoms with van der Waals surface area (Å²) < 4.78 is 0. The smallest absolute Gasteiger partial charge is 0.185 e. The Labute approximate surface area is 81.5 Å². The van der Waals surface area contributed by atoms with Crippen LogP contribution in [0.2, 0.25) is 0 Å². The Kier molecular flexibility index (Phi) is 3.70. The number of hydrogen-bond acceptors (Lipinski definition) is 5. The van der Waals surface area contributed by atoms with Gasteiger partial charge in [-0.2, -0.15) is 0 Å². The number of aromatic nitrogens is 1. The summed E-state index contributed by atoms with van der Waals surface area (Å²) in [5.41, 5.74) is 0. The summed E-state index contributed by atoms with van der Waals surface area (Å²) >= 11 is 1.52. The van der Waals surface area contributed by atoms with Gasteiger partial charge >= 0.3 is 0 Å². The van der Waals surface area contributed by atoms with Crippen LogP contribution in [0.5, 0.6) is 0 Å². The second kappa shape index (κ2) is 4.81. The van der Waals surface area contributed by atoms with Crippen LogP contribution >= 0.6 is 11.3 Å². The second-order valence-corrected chi connectivity index (χ2v) is 3.50. The van der Waals surface area contributed by atoms with Crippen LogP contribution in [0.1, 0.15) is 18.7 Å². The summed E-state index contributed by atoms with van der Waals surface area (Å²) in [5.74, 6) is 0. The Bertz CT molecular complexity index is 281. The highest BCUT2D eigenvalue weighted by Gasteiger charge is 2.05. The fourth-order valence-corrected chi connectivity index (χ4v) is 1.94. The highest BCUT2D eigenvalue weighted by Crippen LogP contribution is 2.20. The molecule has 72 valence electrons. The molecule has 4 nitrogen and oxygen atoms in total. The van der Waals surface area contributed by atoms with E-state index in [0.717, 1.165) is 23.1 Å². The van der Waals surface area contributed by atoms with Crippen LogP contribution in [-0.4, -0.2) is 29.5 Å². The molecule has 0 bridgehead atoms. The van der Waals surface area contributed by atoms with Gasteiger partial charge in [-0.25, -0.2) is 4.98 Å². The molecule has 5 heteroatoms. The van der Waals surface area contributed by atoms with Crippen molar-refractivity contribution in [2.24, 2.45) is 5.16 Å². The minimum absolute atomic E-state index is 0.865. The molecule has 1 aromatic rings. The first kappa shape index (κ1) is 9.98. The lowest BCUT2D eigenvalue weighted by Crippen LogP contribution is -2.21. The van der Waals surface area contributed by atoms with Gasteiger partial charge in [0.25, 0.3) is 0 Å². The summed E-state index contributed by atoms with van der Waals surface area (Å²) in [6, 6.07) is 0. The van der Waals surface area contributed by atoms with Crippen molar-refractivity contribution in [2.45, 2.75) is 13.8 Å². The van der Waals surface area contributed by atoms with Crippen molar-refractivity contribution in [2.75, 3.05) is 18.0 Å². The number of nitrogens with zero attached hydrogens (tertiary/aromatic N) is 3. The maximum atomic E-state index is 8.32. The van der Waals surface area contributed by atoms with Gasteiger partial charge in [0.2, 0.25) is 0 Å². The van der Waals surface area contributed by atoms with E-state index in [9.17, 15) is 0 Å². The number of oxime groups is 1. The molecule has 1 aromatic heterocycles. The molecule has 0 aliphatic heterocycles. The third-order valence-electron chi connectivity index (χ3n) is 1.73. The highest BCUT2D eigenvalue weighted by molar-refractivity contribution is 7.17. The minimum Gasteiger partial charge on any atom is -0.411 e. The van der Waals surface area contributed by atoms with Crippen molar-refractivity contribution >= 4 is 22.7 Å². The van der Waals surface area contributed by atoms with E-state index < -0.39 is 0 Å². The maximum Gasteiger partial charge on any atom is 0.185 e. The zero-order valence-electron chi connectivity index (χ0n) is 7.77. The molecular weight excluding hydrogens is 186 g/mol. The van der Waals surface area contributed by atoms with E-state index in [1.165, 1.54) is 17.6 Å². The van der Waals surface area contributed by atoms with Crippen LogP contribution < -0.4 is 4.90 Å². The van der Waals surface area contributed by atoms with Gasteiger partial charge in [-0.3, -0.25) is 0 Å². The Balaban J connectivity index is 2.77. The number of thiazole rings is 1. The average Bonchev–Trinajstić information content (AvgIpc) is 2.56. The van der Waals surface area contributed by atoms with Crippen LogP contribution in [0, 0.1) is 0 Å². The molecule has 1 rings (SSSR count). The molecule has 0 aromatic carbocycles. The lowest BCUT2D eigenvalue weighted by atomic mass is 10.6. The van der Waals surface area contributed by atoms with Crippen molar-refractivity contribution in [1.29, 1.82) is 0 Å². The molecule has 0 atom stereocenters. The number of rotatable bonds is 4. The Hall–Kier alpha value is -1.10. The van der Waals surface area contributed by atoms with Gasteiger partial charge in [-0.1, -0.05) is 16.5 Å². The first-order chi connectivity index (χ1) is 6.31. The predicted octanol–water partition coefficient (Wildman–Crippen LogP) is 1.80. The van der Waals surface area contributed by atoms with E-state index in [-0.39, 0.29) is 0 Å². The average molecular weight is 199 g/mol. The molecule has 0 unspecified atom stereocenters. The summed E-state index contributed by atoms with van der Waals surface area (Å²) in [7, 11) is 0. The number of anilines is 1. The van der Waals surface area contributed by atoms with E-state index in [4.69, 9.17) is 5.21 Å². The van der Waals surface area contributed by atoms with Crippen molar-refractivity contribution in [3.05, 3.63) is 11.1 Å². The van der Waals surface area contributed by atoms with Gasteiger partial charge in [0, 0.05) is 19.3 Å². The standard InChI is InChI=1S/C8H13N3OS/c1-3-11(4-2)8-9-5-7(13-8)6-10-12/h5-6,12H,3-4H2,1-2H3/b10-6-. The van der Waals surface area contributed by atoms with E-state index >= 15 is 0 Å². The third kappa shape index (κ3) is 2.42. The molecule has 0 aliphatic rings. The lowest BCUT2D eigenvalue weighted by molar-refractivity contribution is 0.322. The zero-order chi connectivity index (χ0) is 9.68. The van der Waals surface area contributed by atoms with E-state index in [2.05, 4.69) is 28.9 Å². The molecule has 0 amide bonds. The van der Waals surface area contributed by atoms with Crippen molar-refractivity contribution in [3.63, 3.8) is 0 Å². The Morgan fingerprint density at radius 1 is 1.62 bits per heavy atom. The highest BCUT2D eigenvalue weighted by atomic mass is 32.1.